The van der Waals surface area contributed by atoms with Crippen LogP contribution in [-0.2, 0) is 6.42 Å². The molecule has 0 saturated heterocycles. The van der Waals surface area contributed by atoms with Crippen LogP contribution in [0.15, 0.2) is 48.5 Å². The minimum atomic E-state index is -0.613. The standard InChI is InChI=1S/C14H12F2N/c15-12-6-7-14(13(16)10-12)17-9-8-11-4-2-1-3-5-11/h1-7,10H,8-9H2. The second-order valence-corrected chi connectivity index (χ2v) is 3.71. The summed E-state index contributed by atoms with van der Waals surface area (Å²) < 4.78 is 25.9. The Morgan fingerprint density at radius 3 is 2.41 bits per heavy atom. The first-order chi connectivity index (χ1) is 8.25. The van der Waals surface area contributed by atoms with Crippen LogP contribution < -0.4 is 5.32 Å². The van der Waals surface area contributed by atoms with E-state index in [0.29, 0.717) is 6.54 Å². The Hall–Kier alpha value is -1.90. The third-order valence-electron chi connectivity index (χ3n) is 2.44. The predicted molar refractivity (Wildman–Crippen MR) is 63.2 cm³/mol. The average molecular weight is 232 g/mol. The lowest BCUT2D eigenvalue weighted by Crippen LogP contribution is -2.05. The fourth-order valence-electron chi connectivity index (χ4n) is 1.56. The Kier molecular flexibility index (Phi) is 3.70. The predicted octanol–water partition coefficient (Wildman–Crippen LogP) is 3.44. The van der Waals surface area contributed by atoms with Crippen LogP contribution in [-0.4, -0.2) is 6.54 Å². The number of benzene rings is 2. The Morgan fingerprint density at radius 1 is 0.941 bits per heavy atom. The van der Waals surface area contributed by atoms with E-state index in [2.05, 4.69) is 5.32 Å². The lowest BCUT2D eigenvalue weighted by atomic mass is 10.1. The van der Waals surface area contributed by atoms with E-state index < -0.39 is 11.6 Å². The molecule has 17 heavy (non-hydrogen) atoms. The fourth-order valence-corrected chi connectivity index (χ4v) is 1.56. The number of rotatable bonds is 4. The van der Waals surface area contributed by atoms with Gasteiger partial charge in [0.15, 0.2) is 5.82 Å². The average Bonchev–Trinajstić information content (AvgIpc) is 2.33. The van der Waals surface area contributed by atoms with Gasteiger partial charge in [0, 0.05) is 12.6 Å². The Morgan fingerprint density at radius 2 is 1.71 bits per heavy atom. The first kappa shape index (κ1) is 11.6. The maximum Gasteiger partial charge on any atom is 0.151 e. The molecule has 0 bridgehead atoms. The molecule has 0 heterocycles. The number of halogens is 2. The van der Waals surface area contributed by atoms with Gasteiger partial charge in [0.1, 0.15) is 5.82 Å². The topological polar surface area (TPSA) is 14.1 Å². The van der Waals surface area contributed by atoms with Crippen molar-refractivity contribution >= 4 is 5.69 Å². The first-order valence-electron chi connectivity index (χ1n) is 5.42. The summed E-state index contributed by atoms with van der Waals surface area (Å²) in [6.45, 7) is 0.493. The maximum absolute atomic E-state index is 13.2. The van der Waals surface area contributed by atoms with Crippen molar-refractivity contribution in [2.24, 2.45) is 0 Å². The summed E-state index contributed by atoms with van der Waals surface area (Å²) in [5, 5.41) is 4.10. The van der Waals surface area contributed by atoms with E-state index in [9.17, 15) is 8.78 Å². The molecule has 0 aliphatic heterocycles. The van der Waals surface area contributed by atoms with Gasteiger partial charge < -0.3 is 0 Å². The van der Waals surface area contributed by atoms with Crippen molar-refractivity contribution in [3.63, 3.8) is 0 Å². The molecule has 0 amide bonds. The summed E-state index contributed by atoms with van der Waals surface area (Å²) in [6, 6.07) is 13.3. The molecule has 0 fully saturated rings. The molecule has 2 aromatic carbocycles. The minimum Gasteiger partial charge on any atom is -0.282 e. The highest BCUT2D eigenvalue weighted by molar-refractivity contribution is 5.37. The van der Waals surface area contributed by atoms with Crippen LogP contribution in [0, 0.1) is 11.6 Å². The van der Waals surface area contributed by atoms with E-state index >= 15 is 0 Å². The highest BCUT2D eigenvalue weighted by Gasteiger charge is 2.04. The second kappa shape index (κ2) is 5.43. The van der Waals surface area contributed by atoms with Crippen molar-refractivity contribution in [2.45, 2.75) is 6.42 Å². The largest absolute Gasteiger partial charge is 0.282 e. The van der Waals surface area contributed by atoms with Gasteiger partial charge in [0.25, 0.3) is 0 Å². The molecule has 1 radical (unpaired) electrons. The number of nitrogens with zero attached hydrogens (tertiary/aromatic N) is 1. The molecule has 3 heteroatoms. The van der Waals surface area contributed by atoms with Crippen LogP contribution in [0.1, 0.15) is 5.56 Å². The van der Waals surface area contributed by atoms with Crippen LogP contribution >= 0.6 is 0 Å². The summed E-state index contributed by atoms with van der Waals surface area (Å²) in [5.41, 5.74) is 1.36. The molecule has 87 valence electrons. The van der Waals surface area contributed by atoms with Crippen molar-refractivity contribution in [1.82, 2.24) is 5.32 Å². The van der Waals surface area contributed by atoms with Crippen LogP contribution in [0.3, 0.4) is 0 Å². The summed E-state index contributed by atoms with van der Waals surface area (Å²) >= 11 is 0. The Labute approximate surface area is 99.1 Å². The molecular weight excluding hydrogens is 220 g/mol. The van der Waals surface area contributed by atoms with Crippen LogP contribution in [0.25, 0.3) is 0 Å². The van der Waals surface area contributed by atoms with E-state index in [-0.39, 0.29) is 5.69 Å². The molecule has 0 saturated carbocycles. The molecule has 0 aliphatic rings. The molecule has 2 aromatic rings. The molecule has 0 spiro atoms. The van der Waals surface area contributed by atoms with Gasteiger partial charge in [0.05, 0.1) is 5.69 Å². The summed E-state index contributed by atoms with van der Waals surface area (Å²) in [6.07, 6.45) is 0.748. The molecule has 0 N–H and O–H groups in total. The molecule has 2 rings (SSSR count). The van der Waals surface area contributed by atoms with Crippen molar-refractivity contribution in [2.75, 3.05) is 6.54 Å². The van der Waals surface area contributed by atoms with Crippen molar-refractivity contribution in [1.29, 1.82) is 0 Å². The maximum atomic E-state index is 13.2. The van der Waals surface area contributed by atoms with Gasteiger partial charge in [-0.05, 0) is 24.1 Å². The molecular formula is C14H12F2N. The Balaban J connectivity index is 1.90. The molecule has 0 atom stereocenters. The van der Waals surface area contributed by atoms with Gasteiger partial charge in [-0.25, -0.2) is 8.78 Å². The molecule has 0 aliphatic carbocycles. The lowest BCUT2D eigenvalue weighted by molar-refractivity contribution is 0.577. The summed E-state index contributed by atoms with van der Waals surface area (Å²) in [4.78, 5) is 0. The van der Waals surface area contributed by atoms with E-state index in [1.54, 1.807) is 0 Å². The van der Waals surface area contributed by atoms with E-state index in [4.69, 9.17) is 0 Å². The lowest BCUT2D eigenvalue weighted by Gasteiger charge is -2.04. The van der Waals surface area contributed by atoms with Crippen molar-refractivity contribution in [3.8, 4) is 0 Å². The number of hydrogen-bond acceptors (Lipinski definition) is 0. The quantitative estimate of drug-likeness (QED) is 0.766. The third kappa shape index (κ3) is 3.28. The van der Waals surface area contributed by atoms with E-state index in [1.165, 1.54) is 12.1 Å². The second-order valence-electron chi connectivity index (χ2n) is 3.71. The third-order valence-corrected chi connectivity index (χ3v) is 2.44. The Bertz CT molecular complexity index is 483. The zero-order valence-corrected chi connectivity index (χ0v) is 9.24. The van der Waals surface area contributed by atoms with Gasteiger partial charge >= 0.3 is 0 Å². The molecule has 0 aromatic heterocycles. The number of hydrogen-bond donors (Lipinski definition) is 0. The monoisotopic (exact) mass is 232 g/mol. The first-order valence-corrected chi connectivity index (χ1v) is 5.42. The van der Waals surface area contributed by atoms with Gasteiger partial charge in [0.2, 0.25) is 0 Å². The smallest absolute Gasteiger partial charge is 0.151 e. The van der Waals surface area contributed by atoms with Gasteiger partial charge in [-0.3, -0.25) is 5.32 Å². The zero-order valence-electron chi connectivity index (χ0n) is 9.24. The van der Waals surface area contributed by atoms with Gasteiger partial charge in [-0.15, -0.1) is 0 Å². The summed E-state index contributed by atoms with van der Waals surface area (Å²) in [5.74, 6) is -1.19. The van der Waals surface area contributed by atoms with Crippen molar-refractivity contribution < 1.29 is 8.78 Å². The molecule has 1 nitrogen and oxygen atoms in total. The summed E-state index contributed by atoms with van der Waals surface area (Å²) in [7, 11) is 0. The van der Waals surface area contributed by atoms with E-state index in [0.717, 1.165) is 18.1 Å². The van der Waals surface area contributed by atoms with Crippen molar-refractivity contribution in [3.05, 3.63) is 65.7 Å². The van der Waals surface area contributed by atoms with E-state index in [1.807, 2.05) is 30.3 Å². The van der Waals surface area contributed by atoms with Crippen LogP contribution in [0.2, 0.25) is 0 Å². The van der Waals surface area contributed by atoms with Crippen LogP contribution in [0.5, 0.6) is 0 Å². The van der Waals surface area contributed by atoms with Crippen LogP contribution in [0.4, 0.5) is 14.5 Å². The zero-order chi connectivity index (χ0) is 12.1. The fraction of sp³-hybridized carbons (Fsp3) is 0.143. The highest BCUT2D eigenvalue weighted by atomic mass is 19.1. The normalized spacial score (nSPS) is 10.2. The molecule has 0 unspecified atom stereocenters. The highest BCUT2D eigenvalue weighted by Crippen LogP contribution is 2.15. The van der Waals surface area contributed by atoms with Gasteiger partial charge in [-0.2, -0.15) is 0 Å². The van der Waals surface area contributed by atoms with Gasteiger partial charge in [-0.1, -0.05) is 30.3 Å². The SMILES string of the molecule is Fc1ccc([N]CCc2ccccc2)c(F)c1. The minimum absolute atomic E-state index is 0.210.